The average molecular weight is 539 g/mol. The molecule has 0 spiro atoms. The van der Waals surface area contributed by atoms with Crippen molar-refractivity contribution in [2.45, 2.75) is 46.1 Å². The van der Waals surface area contributed by atoms with Gasteiger partial charge in [0.25, 0.3) is 0 Å². The minimum Gasteiger partial charge on any atom is -0.440 e. The fourth-order valence-electron chi connectivity index (χ4n) is 5.79. The van der Waals surface area contributed by atoms with Gasteiger partial charge in [-0.3, -0.25) is 4.79 Å². The Labute approximate surface area is 232 Å². The molecule has 3 aromatic carbocycles. The summed E-state index contributed by atoms with van der Waals surface area (Å²) in [7, 11) is -1.16. The van der Waals surface area contributed by atoms with Crippen molar-refractivity contribution in [1.29, 1.82) is 0 Å². The number of halogens is 1. The van der Waals surface area contributed by atoms with Gasteiger partial charge in [-0.1, -0.05) is 24.3 Å². The molecule has 0 bridgehead atoms. The van der Waals surface area contributed by atoms with Gasteiger partial charge in [0.1, 0.15) is 11.4 Å². The Morgan fingerprint density at radius 1 is 1.10 bits per heavy atom. The first kappa shape index (κ1) is 26.1. The Morgan fingerprint density at radius 3 is 2.70 bits per heavy atom. The SMILES string of the molecule is Cc1cc([C@H](C)Nc2cccc(F)c2-c2ccc3c(c2)C=NOB3O)c2oc(N3CCCCC3)c(C)c(=O)c2c1. The number of benzene rings is 3. The quantitative estimate of drug-likeness (QED) is 0.329. The van der Waals surface area contributed by atoms with Crippen LogP contribution in [-0.4, -0.2) is 31.4 Å². The largest absolute Gasteiger partial charge is 0.583 e. The predicted octanol–water partition coefficient (Wildman–Crippen LogP) is 5.43. The maximum Gasteiger partial charge on any atom is 0.583 e. The van der Waals surface area contributed by atoms with Crippen molar-refractivity contribution in [3.05, 3.63) is 86.8 Å². The number of nitrogens with zero attached hydrogens (tertiary/aromatic N) is 2. The number of anilines is 2. The number of aryl methyl sites for hydroxylation is 1. The van der Waals surface area contributed by atoms with Crippen LogP contribution in [-0.2, 0) is 4.76 Å². The lowest BCUT2D eigenvalue weighted by molar-refractivity contribution is 0.286. The van der Waals surface area contributed by atoms with E-state index in [9.17, 15) is 9.82 Å². The number of hydrogen-bond donors (Lipinski definition) is 2. The first-order valence-electron chi connectivity index (χ1n) is 13.7. The average Bonchev–Trinajstić information content (AvgIpc) is 2.95. The normalized spacial score (nSPS) is 15.6. The topological polar surface area (TPSA) is 87.3 Å². The molecule has 2 aliphatic rings. The van der Waals surface area contributed by atoms with E-state index >= 15 is 4.39 Å². The summed E-state index contributed by atoms with van der Waals surface area (Å²) in [6, 6.07) is 13.8. The lowest BCUT2D eigenvalue weighted by Gasteiger charge is -2.29. The Kier molecular flexibility index (Phi) is 6.84. The van der Waals surface area contributed by atoms with Crippen LogP contribution in [0.1, 0.15) is 54.5 Å². The Balaban J connectivity index is 1.42. The van der Waals surface area contributed by atoms with Gasteiger partial charge in [-0.2, -0.15) is 0 Å². The molecular formula is C31H31BFN3O4. The van der Waals surface area contributed by atoms with E-state index in [0.717, 1.165) is 37.1 Å². The molecule has 2 aliphatic heterocycles. The molecule has 204 valence electrons. The van der Waals surface area contributed by atoms with Crippen LogP contribution in [0.5, 0.6) is 0 Å². The van der Waals surface area contributed by atoms with Gasteiger partial charge in [0.15, 0.2) is 5.43 Å². The van der Waals surface area contributed by atoms with E-state index in [1.54, 1.807) is 24.3 Å². The van der Waals surface area contributed by atoms with Crippen molar-refractivity contribution in [3.8, 4) is 11.1 Å². The molecule has 7 nitrogen and oxygen atoms in total. The van der Waals surface area contributed by atoms with E-state index in [2.05, 4.69) is 15.4 Å². The summed E-state index contributed by atoms with van der Waals surface area (Å²) < 4.78 is 26.8. The summed E-state index contributed by atoms with van der Waals surface area (Å²) in [4.78, 5) is 15.7. The van der Waals surface area contributed by atoms with Gasteiger partial charge < -0.3 is 24.4 Å². The summed E-state index contributed by atoms with van der Waals surface area (Å²) in [5.74, 6) is 0.258. The van der Waals surface area contributed by atoms with Crippen LogP contribution >= 0.6 is 0 Å². The summed E-state index contributed by atoms with van der Waals surface area (Å²) in [5, 5.41) is 17.8. The van der Waals surface area contributed by atoms with Crippen molar-refractivity contribution in [1.82, 2.24) is 0 Å². The Morgan fingerprint density at radius 2 is 1.90 bits per heavy atom. The molecule has 0 unspecified atom stereocenters. The van der Waals surface area contributed by atoms with Gasteiger partial charge in [0.05, 0.1) is 23.2 Å². The van der Waals surface area contributed by atoms with Crippen LogP contribution in [0.2, 0.25) is 0 Å². The lowest BCUT2D eigenvalue weighted by atomic mass is 9.75. The minimum atomic E-state index is -1.16. The van der Waals surface area contributed by atoms with Crippen LogP contribution in [0.4, 0.5) is 16.0 Å². The summed E-state index contributed by atoms with van der Waals surface area (Å²) in [6.45, 7) is 7.52. The van der Waals surface area contributed by atoms with E-state index in [1.807, 2.05) is 39.0 Å². The van der Waals surface area contributed by atoms with E-state index in [4.69, 9.17) is 9.17 Å². The van der Waals surface area contributed by atoms with Crippen molar-refractivity contribution < 1.29 is 18.6 Å². The fourth-order valence-corrected chi connectivity index (χ4v) is 5.79. The highest BCUT2D eigenvalue weighted by atomic mass is 19.1. The molecule has 1 fully saturated rings. The summed E-state index contributed by atoms with van der Waals surface area (Å²) >= 11 is 0. The number of piperidine rings is 1. The Hall–Kier alpha value is -4.11. The van der Waals surface area contributed by atoms with E-state index in [-0.39, 0.29) is 17.3 Å². The smallest absolute Gasteiger partial charge is 0.440 e. The first-order chi connectivity index (χ1) is 19.3. The summed E-state index contributed by atoms with van der Waals surface area (Å²) in [6.07, 6.45) is 4.83. The van der Waals surface area contributed by atoms with Crippen molar-refractivity contribution in [2.75, 3.05) is 23.3 Å². The third-order valence-corrected chi connectivity index (χ3v) is 7.86. The molecule has 1 aromatic heterocycles. The van der Waals surface area contributed by atoms with Crippen molar-refractivity contribution >= 4 is 41.3 Å². The molecule has 0 saturated carbocycles. The first-order valence-corrected chi connectivity index (χ1v) is 13.7. The predicted molar refractivity (Wildman–Crippen MR) is 158 cm³/mol. The molecule has 6 rings (SSSR count). The van der Waals surface area contributed by atoms with E-state index in [1.165, 1.54) is 18.7 Å². The number of rotatable bonds is 5. The second-order valence-corrected chi connectivity index (χ2v) is 10.7. The number of hydrogen-bond acceptors (Lipinski definition) is 7. The minimum absolute atomic E-state index is 0.0210. The molecule has 4 aromatic rings. The molecule has 9 heteroatoms. The molecule has 0 radical (unpaired) electrons. The highest BCUT2D eigenvalue weighted by molar-refractivity contribution is 6.62. The second-order valence-electron chi connectivity index (χ2n) is 10.7. The number of nitrogens with one attached hydrogen (secondary N) is 1. The fraction of sp³-hybridized carbons (Fsp3) is 0.290. The monoisotopic (exact) mass is 539 g/mol. The van der Waals surface area contributed by atoms with E-state index < -0.39 is 7.12 Å². The number of fused-ring (bicyclic) bond motifs is 2. The molecule has 2 N–H and O–H groups in total. The molecular weight excluding hydrogens is 508 g/mol. The van der Waals surface area contributed by atoms with Crippen LogP contribution < -0.4 is 21.1 Å². The zero-order valence-corrected chi connectivity index (χ0v) is 22.8. The molecule has 0 aliphatic carbocycles. The molecule has 1 atom stereocenters. The van der Waals surface area contributed by atoms with Crippen LogP contribution in [0.15, 0.2) is 62.9 Å². The second kappa shape index (κ2) is 10.5. The number of oxime groups is 1. The van der Waals surface area contributed by atoms with Crippen LogP contribution in [0, 0.1) is 19.7 Å². The molecule has 1 saturated heterocycles. The van der Waals surface area contributed by atoms with Gasteiger partial charge in [-0.05, 0) is 81.0 Å². The van der Waals surface area contributed by atoms with Crippen LogP contribution in [0.3, 0.4) is 0 Å². The van der Waals surface area contributed by atoms with Crippen molar-refractivity contribution in [2.24, 2.45) is 5.16 Å². The van der Waals surface area contributed by atoms with Gasteiger partial charge in [-0.15, -0.1) is 5.16 Å². The zero-order chi connectivity index (χ0) is 28.0. The van der Waals surface area contributed by atoms with E-state index in [0.29, 0.717) is 50.3 Å². The molecule has 3 heterocycles. The maximum absolute atomic E-state index is 15.4. The lowest BCUT2D eigenvalue weighted by Crippen LogP contribution is -2.37. The van der Waals surface area contributed by atoms with Crippen LogP contribution in [0.25, 0.3) is 22.1 Å². The molecule has 40 heavy (non-hydrogen) atoms. The highest BCUT2D eigenvalue weighted by Gasteiger charge is 2.26. The van der Waals surface area contributed by atoms with Gasteiger partial charge in [0.2, 0.25) is 5.88 Å². The third-order valence-electron chi connectivity index (χ3n) is 7.86. The van der Waals surface area contributed by atoms with Gasteiger partial charge >= 0.3 is 7.12 Å². The maximum atomic E-state index is 15.4. The molecule has 0 amide bonds. The third kappa shape index (κ3) is 4.64. The van der Waals surface area contributed by atoms with Crippen molar-refractivity contribution in [3.63, 3.8) is 0 Å². The van der Waals surface area contributed by atoms with Gasteiger partial charge in [0, 0.05) is 35.4 Å². The Bertz CT molecular complexity index is 1700. The summed E-state index contributed by atoms with van der Waals surface area (Å²) in [5.41, 5.74) is 5.80. The zero-order valence-electron chi connectivity index (χ0n) is 22.8. The van der Waals surface area contributed by atoms with Gasteiger partial charge in [-0.25, -0.2) is 4.39 Å². The highest BCUT2D eigenvalue weighted by Crippen LogP contribution is 2.36. The standard InChI is InChI=1S/C31H31BFN3O4/c1-18-14-23(30-24(15-18)29(37)19(2)31(39-30)36-12-5-4-6-13-36)20(3)35-27-9-7-8-26(33)28(27)21-10-11-25-22(16-21)17-34-40-32(25)38/h7-11,14-17,20,35,38H,4-6,12-13H2,1-3H3/t20-/m0/s1.